The molecule has 0 spiro atoms. The minimum absolute atomic E-state index is 0.159. The van der Waals surface area contributed by atoms with Gasteiger partial charge in [-0.05, 0) is 73.4 Å². The first-order valence-electron chi connectivity index (χ1n) is 13.6. The quantitative estimate of drug-likeness (QED) is 0.211. The molecule has 0 N–H and O–H groups in total. The number of fused-ring (bicyclic) bond motifs is 4. The largest absolute Gasteiger partial charge is 0.418 e. The predicted octanol–water partition coefficient (Wildman–Crippen LogP) is 7.76. The van der Waals surface area contributed by atoms with Crippen LogP contribution in [0.3, 0.4) is 0 Å². The Bertz CT molecular complexity index is 2010. The van der Waals surface area contributed by atoms with Gasteiger partial charge in [0.15, 0.2) is 0 Å². The molecule has 0 aliphatic carbocycles. The van der Waals surface area contributed by atoms with E-state index < -0.39 is 17.3 Å². The van der Waals surface area contributed by atoms with Crippen LogP contribution in [-0.4, -0.2) is 27.6 Å². The number of pyridine rings is 3. The van der Waals surface area contributed by atoms with Gasteiger partial charge in [0.1, 0.15) is 0 Å². The van der Waals surface area contributed by atoms with Crippen LogP contribution < -0.4 is 10.5 Å². The maximum atomic E-state index is 14.4. The summed E-state index contributed by atoms with van der Waals surface area (Å²) in [5.41, 5.74) is 2.95. The number of hydrogen-bond acceptors (Lipinski definition) is 4. The molecule has 0 unspecified atom stereocenters. The van der Waals surface area contributed by atoms with Gasteiger partial charge in [-0.15, -0.1) is 0 Å². The van der Waals surface area contributed by atoms with E-state index in [0.29, 0.717) is 34.9 Å². The molecule has 1 aliphatic heterocycles. The van der Waals surface area contributed by atoms with E-state index in [2.05, 4.69) is 9.97 Å². The number of piperidine rings is 1. The molecular weight excluding hydrogens is 525 g/mol. The van der Waals surface area contributed by atoms with Crippen LogP contribution in [0.1, 0.15) is 24.8 Å². The van der Waals surface area contributed by atoms with E-state index in [1.165, 1.54) is 16.7 Å². The summed E-state index contributed by atoms with van der Waals surface area (Å²) in [5.74, 6) is 0. The summed E-state index contributed by atoms with van der Waals surface area (Å²) in [7, 11) is 0. The SMILES string of the molecule is O=c1ccc2cnc3ccc(-c4cnc5ccccc5c4)cc3c2n1-c1ccc(N2CCCCC2)c(C(F)(F)F)c1. The highest BCUT2D eigenvalue weighted by Crippen LogP contribution is 2.39. The number of hydrogen-bond donors (Lipinski definition) is 0. The highest BCUT2D eigenvalue weighted by Gasteiger charge is 2.36. The lowest BCUT2D eigenvalue weighted by molar-refractivity contribution is -0.137. The van der Waals surface area contributed by atoms with Gasteiger partial charge in [0.2, 0.25) is 0 Å². The van der Waals surface area contributed by atoms with Crippen LogP contribution in [-0.2, 0) is 6.18 Å². The van der Waals surface area contributed by atoms with Gasteiger partial charge in [0, 0.05) is 59.0 Å². The van der Waals surface area contributed by atoms with Gasteiger partial charge in [-0.1, -0.05) is 24.3 Å². The number of rotatable bonds is 3. The van der Waals surface area contributed by atoms with Crippen LogP contribution in [0.25, 0.3) is 49.5 Å². The number of nitrogens with zero attached hydrogens (tertiary/aromatic N) is 4. The van der Waals surface area contributed by atoms with Crippen molar-refractivity contribution in [1.82, 2.24) is 14.5 Å². The molecule has 0 saturated carbocycles. The fraction of sp³-hybridized carbons (Fsp3) is 0.182. The fourth-order valence-electron chi connectivity index (χ4n) is 5.88. The topological polar surface area (TPSA) is 51.0 Å². The van der Waals surface area contributed by atoms with Gasteiger partial charge in [0.25, 0.3) is 5.56 Å². The summed E-state index contributed by atoms with van der Waals surface area (Å²) in [6.45, 7) is 1.17. The smallest absolute Gasteiger partial charge is 0.371 e. The van der Waals surface area contributed by atoms with Gasteiger partial charge in [0.05, 0.1) is 27.8 Å². The lowest BCUT2D eigenvalue weighted by Crippen LogP contribution is -2.31. The molecule has 6 aromatic rings. The van der Waals surface area contributed by atoms with E-state index in [4.69, 9.17) is 0 Å². The first-order chi connectivity index (χ1) is 19.9. The average molecular weight is 551 g/mol. The molecule has 8 heteroatoms. The summed E-state index contributed by atoms with van der Waals surface area (Å²) in [4.78, 5) is 24.3. The fourth-order valence-corrected chi connectivity index (χ4v) is 5.88. The maximum Gasteiger partial charge on any atom is 0.418 e. The minimum Gasteiger partial charge on any atom is -0.371 e. The Labute approximate surface area is 233 Å². The Morgan fingerprint density at radius 2 is 1.51 bits per heavy atom. The zero-order valence-electron chi connectivity index (χ0n) is 22.0. The Hall–Kier alpha value is -4.72. The Balaban J connectivity index is 1.45. The Morgan fingerprint density at radius 3 is 2.34 bits per heavy atom. The van der Waals surface area contributed by atoms with Gasteiger partial charge in [-0.2, -0.15) is 13.2 Å². The number of anilines is 1. The van der Waals surface area contributed by atoms with Crippen LogP contribution in [0, 0.1) is 0 Å². The van der Waals surface area contributed by atoms with Crippen molar-refractivity contribution in [2.45, 2.75) is 25.4 Å². The van der Waals surface area contributed by atoms with Gasteiger partial charge in [-0.3, -0.25) is 19.3 Å². The van der Waals surface area contributed by atoms with Crippen molar-refractivity contribution in [2.75, 3.05) is 18.0 Å². The standard InChI is InChI=1S/C33H25F3N4O/c34-33(35,36)27-18-25(10-12-30(27)39-14-4-1-5-15-39)40-31(41)13-9-23-19-38-29-11-8-21(17-26(29)32(23)40)24-16-22-6-2-3-7-28(22)37-20-24/h2-3,6-13,16-20H,1,4-5,14-15H2. The first-order valence-corrected chi connectivity index (χ1v) is 13.6. The highest BCUT2D eigenvalue weighted by molar-refractivity contribution is 6.05. The van der Waals surface area contributed by atoms with Crippen molar-refractivity contribution in [3.8, 4) is 16.8 Å². The Morgan fingerprint density at radius 1 is 0.707 bits per heavy atom. The van der Waals surface area contributed by atoms with Crippen LogP contribution in [0.4, 0.5) is 18.9 Å². The maximum absolute atomic E-state index is 14.4. The average Bonchev–Trinajstić information content (AvgIpc) is 3.00. The molecule has 41 heavy (non-hydrogen) atoms. The molecule has 1 fully saturated rings. The molecule has 7 rings (SSSR count). The molecule has 1 aliphatic rings. The second-order valence-corrected chi connectivity index (χ2v) is 10.5. The van der Waals surface area contributed by atoms with Crippen molar-refractivity contribution >= 4 is 38.4 Å². The molecule has 0 atom stereocenters. The monoisotopic (exact) mass is 550 g/mol. The summed E-state index contributed by atoms with van der Waals surface area (Å²) in [6, 6.07) is 22.9. The summed E-state index contributed by atoms with van der Waals surface area (Å²) >= 11 is 0. The third-order valence-corrected chi connectivity index (χ3v) is 7.88. The van der Waals surface area contributed by atoms with E-state index in [1.54, 1.807) is 29.4 Å². The van der Waals surface area contributed by atoms with E-state index in [9.17, 15) is 18.0 Å². The minimum atomic E-state index is -4.57. The lowest BCUT2D eigenvalue weighted by atomic mass is 10.0. The zero-order chi connectivity index (χ0) is 28.1. The van der Waals surface area contributed by atoms with Crippen LogP contribution >= 0.6 is 0 Å². The van der Waals surface area contributed by atoms with Crippen LogP contribution in [0.2, 0.25) is 0 Å². The van der Waals surface area contributed by atoms with Gasteiger partial charge >= 0.3 is 6.18 Å². The molecule has 0 amide bonds. The molecule has 0 bridgehead atoms. The third-order valence-electron chi connectivity index (χ3n) is 7.88. The highest BCUT2D eigenvalue weighted by atomic mass is 19.4. The summed E-state index contributed by atoms with van der Waals surface area (Å²) < 4.78 is 44.5. The molecular formula is C33H25F3N4O. The number of alkyl halides is 3. The first kappa shape index (κ1) is 25.3. The van der Waals surface area contributed by atoms with Gasteiger partial charge in [-0.25, -0.2) is 0 Å². The third kappa shape index (κ3) is 4.49. The van der Waals surface area contributed by atoms with Gasteiger partial charge < -0.3 is 4.90 Å². The molecule has 4 heterocycles. The number of para-hydroxylation sites is 1. The van der Waals surface area contributed by atoms with Crippen LogP contribution in [0.15, 0.2) is 96.1 Å². The summed E-state index contributed by atoms with van der Waals surface area (Å²) in [5, 5.41) is 2.31. The zero-order valence-corrected chi connectivity index (χ0v) is 22.0. The second-order valence-electron chi connectivity index (χ2n) is 10.5. The molecule has 5 nitrogen and oxygen atoms in total. The van der Waals surface area contributed by atoms with Crippen molar-refractivity contribution in [3.05, 3.63) is 107 Å². The molecule has 3 aromatic heterocycles. The number of benzene rings is 3. The van der Waals surface area contributed by atoms with Crippen LogP contribution in [0.5, 0.6) is 0 Å². The van der Waals surface area contributed by atoms with E-state index in [-0.39, 0.29) is 11.4 Å². The number of halogens is 3. The normalized spacial score (nSPS) is 14.3. The second kappa shape index (κ2) is 9.73. The lowest BCUT2D eigenvalue weighted by Gasteiger charge is -2.31. The van der Waals surface area contributed by atoms with Crippen molar-refractivity contribution in [3.63, 3.8) is 0 Å². The van der Waals surface area contributed by atoms with E-state index in [1.807, 2.05) is 48.5 Å². The summed E-state index contributed by atoms with van der Waals surface area (Å²) in [6.07, 6.45) is 1.60. The molecule has 204 valence electrons. The van der Waals surface area contributed by atoms with E-state index in [0.717, 1.165) is 47.4 Å². The predicted molar refractivity (Wildman–Crippen MR) is 157 cm³/mol. The number of aromatic nitrogens is 3. The van der Waals surface area contributed by atoms with Crippen molar-refractivity contribution < 1.29 is 13.2 Å². The molecule has 1 saturated heterocycles. The Kier molecular flexibility index (Phi) is 5.99. The van der Waals surface area contributed by atoms with E-state index >= 15 is 0 Å². The van der Waals surface area contributed by atoms with Crippen molar-refractivity contribution in [1.29, 1.82) is 0 Å². The molecule has 0 radical (unpaired) electrons. The molecule has 3 aromatic carbocycles. The van der Waals surface area contributed by atoms with Crippen molar-refractivity contribution in [2.24, 2.45) is 0 Å².